The molecule has 2 aliphatic rings. The van der Waals surface area contributed by atoms with E-state index in [-0.39, 0.29) is 5.97 Å². The summed E-state index contributed by atoms with van der Waals surface area (Å²) in [4.78, 5) is 22.1. The van der Waals surface area contributed by atoms with Crippen LogP contribution in [-0.2, 0) is 16.9 Å². The lowest BCUT2D eigenvalue weighted by Crippen LogP contribution is -2.43. The molecule has 3 aromatic rings. The Morgan fingerprint density at radius 1 is 1.07 bits per heavy atom. The summed E-state index contributed by atoms with van der Waals surface area (Å²) in [6.45, 7) is 2.01. The van der Waals surface area contributed by atoms with E-state index in [0.717, 1.165) is 43.0 Å². The summed E-state index contributed by atoms with van der Waals surface area (Å²) in [5, 5.41) is 0. The highest BCUT2D eigenvalue weighted by atomic mass is 16.6. The molecule has 5 rings (SSSR count). The van der Waals surface area contributed by atoms with Crippen LogP contribution in [0.3, 0.4) is 0 Å². The Hall–Kier alpha value is -3.28. The Bertz CT molecular complexity index is 991. The number of piperidine rings is 1. The van der Waals surface area contributed by atoms with E-state index < -0.39 is 5.60 Å². The van der Waals surface area contributed by atoms with Gasteiger partial charge in [0, 0.05) is 31.5 Å². The fourth-order valence-corrected chi connectivity index (χ4v) is 4.06. The van der Waals surface area contributed by atoms with Gasteiger partial charge in [-0.3, -0.25) is 4.98 Å². The van der Waals surface area contributed by atoms with Crippen molar-refractivity contribution in [3.05, 3.63) is 77.5 Å². The lowest BCUT2D eigenvalue weighted by Gasteiger charge is -2.38. The fraction of sp³-hybridized carbons (Fsp3) is 0.273. The molecule has 0 bridgehead atoms. The number of aromatic amines is 1. The second-order valence-corrected chi connectivity index (χ2v) is 7.26. The molecule has 6 heteroatoms. The summed E-state index contributed by atoms with van der Waals surface area (Å²) in [6.07, 6.45) is 3.21. The van der Waals surface area contributed by atoms with Gasteiger partial charge in [-0.2, -0.15) is 0 Å². The van der Waals surface area contributed by atoms with Crippen molar-refractivity contribution in [2.24, 2.45) is 0 Å². The van der Waals surface area contributed by atoms with Gasteiger partial charge in [-0.25, -0.2) is 9.78 Å². The molecule has 1 fully saturated rings. The molecule has 28 heavy (non-hydrogen) atoms. The monoisotopic (exact) mass is 375 g/mol. The summed E-state index contributed by atoms with van der Waals surface area (Å²) in [5.41, 5.74) is 2.33. The van der Waals surface area contributed by atoms with Gasteiger partial charge < -0.3 is 14.4 Å². The Labute approximate surface area is 163 Å². The van der Waals surface area contributed by atoms with Crippen molar-refractivity contribution in [2.45, 2.75) is 25.0 Å². The van der Waals surface area contributed by atoms with Crippen molar-refractivity contribution < 1.29 is 14.3 Å². The molecule has 0 aliphatic carbocycles. The van der Waals surface area contributed by atoms with Crippen molar-refractivity contribution in [1.29, 1.82) is 0 Å². The van der Waals surface area contributed by atoms with Crippen LogP contribution >= 0.6 is 0 Å². The van der Waals surface area contributed by atoms with E-state index in [9.17, 15) is 4.79 Å². The van der Waals surface area contributed by atoms with Crippen LogP contribution in [0.1, 0.15) is 34.3 Å². The zero-order valence-corrected chi connectivity index (χ0v) is 15.4. The molecule has 142 valence electrons. The van der Waals surface area contributed by atoms with Gasteiger partial charge in [0.25, 0.3) is 0 Å². The van der Waals surface area contributed by atoms with Crippen LogP contribution in [0, 0.1) is 0 Å². The van der Waals surface area contributed by atoms with Gasteiger partial charge in [0.15, 0.2) is 0 Å². The average Bonchev–Trinajstić information content (AvgIpc) is 3.32. The van der Waals surface area contributed by atoms with E-state index in [0.29, 0.717) is 18.1 Å². The number of ether oxygens (including phenoxy) is 2. The number of nitrogens with zero attached hydrogens (tertiary/aromatic N) is 2. The number of fused-ring (bicyclic) bond motifs is 2. The number of carbonyl (C=O) groups excluding carboxylic acids is 1. The quantitative estimate of drug-likeness (QED) is 0.705. The van der Waals surface area contributed by atoms with Crippen LogP contribution in [0.15, 0.2) is 60.8 Å². The minimum absolute atomic E-state index is 0.210. The third kappa shape index (κ3) is 2.91. The SMILES string of the molecule is O=C1OC2(CCN(c3ncc(OCc4ccccc4)[nH]3)CC2)c2ccccc21. The first-order valence-corrected chi connectivity index (χ1v) is 9.53. The number of benzene rings is 2. The molecule has 0 radical (unpaired) electrons. The number of carbonyl (C=O) groups is 1. The first-order chi connectivity index (χ1) is 13.7. The van der Waals surface area contributed by atoms with Crippen LogP contribution in [0.25, 0.3) is 0 Å². The van der Waals surface area contributed by atoms with Gasteiger partial charge >= 0.3 is 5.97 Å². The summed E-state index contributed by atoms with van der Waals surface area (Å²) in [6, 6.07) is 17.8. The molecule has 3 heterocycles. The maximum atomic E-state index is 12.2. The number of nitrogens with one attached hydrogen (secondary N) is 1. The summed E-state index contributed by atoms with van der Waals surface area (Å²) < 4.78 is 11.6. The van der Waals surface area contributed by atoms with Crippen LogP contribution in [-0.4, -0.2) is 29.0 Å². The second kappa shape index (κ2) is 6.71. The molecule has 1 spiro atoms. The number of rotatable bonds is 4. The number of hydrogen-bond donors (Lipinski definition) is 1. The van der Waals surface area contributed by atoms with E-state index in [1.807, 2.05) is 54.6 Å². The lowest BCUT2D eigenvalue weighted by atomic mass is 9.84. The second-order valence-electron chi connectivity index (χ2n) is 7.26. The highest BCUT2D eigenvalue weighted by molar-refractivity contribution is 5.94. The number of H-pyrrole nitrogens is 1. The highest BCUT2D eigenvalue weighted by Gasteiger charge is 2.47. The molecule has 0 unspecified atom stereocenters. The fourth-order valence-electron chi connectivity index (χ4n) is 4.06. The molecule has 1 aromatic heterocycles. The van der Waals surface area contributed by atoms with Gasteiger partial charge in [0.1, 0.15) is 12.2 Å². The molecule has 0 amide bonds. The Kier molecular flexibility index (Phi) is 4.04. The maximum Gasteiger partial charge on any atom is 0.339 e. The molecule has 2 aliphatic heterocycles. The van der Waals surface area contributed by atoms with Gasteiger partial charge in [-0.15, -0.1) is 0 Å². The third-order valence-electron chi connectivity index (χ3n) is 5.57. The normalized spacial score (nSPS) is 17.4. The number of imidazole rings is 1. The topological polar surface area (TPSA) is 67.4 Å². The molecule has 0 atom stereocenters. The van der Waals surface area contributed by atoms with E-state index in [1.54, 1.807) is 6.20 Å². The van der Waals surface area contributed by atoms with Gasteiger partial charge in [-0.1, -0.05) is 48.5 Å². The smallest absolute Gasteiger partial charge is 0.339 e. The molecule has 6 nitrogen and oxygen atoms in total. The van der Waals surface area contributed by atoms with Crippen molar-refractivity contribution in [3.63, 3.8) is 0 Å². The standard InChI is InChI=1S/C22H21N3O3/c26-20-17-8-4-5-9-18(17)22(28-20)10-12-25(13-11-22)21-23-14-19(24-21)27-15-16-6-2-1-3-7-16/h1-9,14H,10-13,15H2,(H,23,24). The van der Waals surface area contributed by atoms with E-state index in [2.05, 4.69) is 14.9 Å². The zero-order valence-electron chi connectivity index (χ0n) is 15.4. The minimum atomic E-state index is -0.497. The molecule has 2 aromatic carbocycles. The molecular formula is C22H21N3O3. The van der Waals surface area contributed by atoms with E-state index >= 15 is 0 Å². The van der Waals surface area contributed by atoms with Gasteiger partial charge in [0.2, 0.25) is 11.8 Å². The van der Waals surface area contributed by atoms with Crippen LogP contribution in [0.4, 0.5) is 5.95 Å². The average molecular weight is 375 g/mol. The first kappa shape index (κ1) is 16.9. The summed E-state index contributed by atoms with van der Waals surface area (Å²) in [5.74, 6) is 1.23. The largest absolute Gasteiger partial charge is 0.473 e. The van der Waals surface area contributed by atoms with Crippen molar-refractivity contribution in [1.82, 2.24) is 9.97 Å². The third-order valence-corrected chi connectivity index (χ3v) is 5.57. The predicted molar refractivity (Wildman–Crippen MR) is 104 cm³/mol. The number of aromatic nitrogens is 2. The van der Waals surface area contributed by atoms with Crippen LogP contribution in [0.2, 0.25) is 0 Å². The molecule has 1 saturated heterocycles. The molecular weight excluding hydrogens is 354 g/mol. The number of hydrogen-bond acceptors (Lipinski definition) is 5. The van der Waals surface area contributed by atoms with Gasteiger partial charge in [-0.05, 0) is 11.6 Å². The van der Waals surface area contributed by atoms with Gasteiger partial charge in [0.05, 0.1) is 11.8 Å². The minimum Gasteiger partial charge on any atom is -0.473 e. The summed E-state index contributed by atoms with van der Waals surface area (Å²) >= 11 is 0. The van der Waals surface area contributed by atoms with Crippen molar-refractivity contribution in [3.8, 4) is 5.88 Å². The molecule has 1 N–H and O–H groups in total. The number of anilines is 1. The molecule has 0 saturated carbocycles. The zero-order chi connectivity index (χ0) is 19.0. The Balaban J connectivity index is 1.24. The van der Waals surface area contributed by atoms with Crippen LogP contribution in [0.5, 0.6) is 5.88 Å². The Morgan fingerprint density at radius 2 is 1.82 bits per heavy atom. The number of esters is 1. The highest BCUT2D eigenvalue weighted by Crippen LogP contribution is 2.44. The van der Waals surface area contributed by atoms with E-state index in [1.165, 1.54) is 0 Å². The van der Waals surface area contributed by atoms with Crippen molar-refractivity contribution in [2.75, 3.05) is 18.0 Å². The van der Waals surface area contributed by atoms with Crippen LogP contribution < -0.4 is 9.64 Å². The summed E-state index contributed by atoms with van der Waals surface area (Å²) in [7, 11) is 0. The predicted octanol–water partition coefficient (Wildman–Crippen LogP) is 3.65. The van der Waals surface area contributed by atoms with Crippen molar-refractivity contribution >= 4 is 11.9 Å². The van der Waals surface area contributed by atoms with E-state index in [4.69, 9.17) is 9.47 Å². The maximum absolute atomic E-state index is 12.2. The first-order valence-electron chi connectivity index (χ1n) is 9.53. The Morgan fingerprint density at radius 3 is 2.64 bits per heavy atom. The lowest BCUT2D eigenvalue weighted by molar-refractivity contribution is -0.0211.